The number of anilines is 1. The minimum atomic E-state index is -0.671. The van der Waals surface area contributed by atoms with Gasteiger partial charge in [0, 0.05) is 5.69 Å². The van der Waals surface area contributed by atoms with Gasteiger partial charge in [0.15, 0.2) is 5.58 Å². The zero-order chi connectivity index (χ0) is 17.1. The van der Waals surface area contributed by atoms with E-state index < -0.39 is 11.7 Å². The Labute approximate surface area is 136 Å². The molecule has 3 rings (SSSR count). The number of carbonyl (C=O) groups excluding carboxylic acids is 2. The maximum absolute atomic E-state index is 12.1. The number of para-hydroxylation sites is 1. The van der Waals surface area contributed by atoms with Gasteiger partial charge < -0.3 is 14.5 Å². The Bertz CT molecular complexity index is 956. The van der Waals surface area contributed by atoms with Crippen molar-refractivity contribution in [2.45, 2.75) is 6.54 Å². The van der Waals surface area contributed by atoms with Crippen molar-refractivity contribution in [3.8, 4) is 0 Å². The SMILES string of the molecule is COC(=O)c1ccc2c(c1)oc(=O)n2CC(=O)Nc1ccccc1. The molecule has 0 spiro atoms. The molecule has 2 aromatic carbocycles. The van der Waals surface area contributed by atoms with Gasteiger partial charge in [0.2, 0.25) is 5.91 Å². The van der Waals surface area contributed by atoms with Crippen molar-refractivity contribution in [2.24, 2.45) is 0 Å². The fraction of sp³-hybridized carbons (Fsp3) is 0.118. The fourth-order valence-electron chi connectivity index (χ4n) is 2.33. The number of nitrogens with one attached hydrogen (secondary N) is 1. The van der Waals surface area contributed by atoms with Crippen LogP contribution in [0.3, 0.4) is 0 Å². The van der Waals surface area contributed by atoms with Crippen LogP contribution in [0.25, 0.3) is 11.1 Å². The Kier molecular flexibility index (Phi) is 4.15. The predicted molar refractivity (Wildman–Crippen MR) is 86.9 cm³/mol. The van der Waals surface area contributed by atoms with Gasteiger partial charge in [-0.3, -0.25) is 9.36 Å². The number of hydrogen-bond donors (Lipinski definition) is 1. The molecule has 0 fully saturated rings. The fourth-order valence-corrected chi connectivity index (χ4v) is 2.33. The van der Waals surface area contributed by atoms with Crippen LogP contribution in [0, 0.1) is 0 Å². The first-order chi connectivity index (χ1) is 11.6. The quantitative estimate of drug-likeness (QED) is 0.741. The minimum absolute atomic E-state index is 0.196. The number of amides is 1. The summed E-state index contributed by atoms with van der Waals surface area (Å²) in [5, 5.41) is 2.70. The number of benzene rings is 2. The maximum atomic E-state index is 12.1. The molecule has 0 atom stereocenters. The summed E-state index contributed by atoms with van der Waals surface area (Å²) in [6.45, 7) is -0.196. The molecule has 122 valence electrons. The first-order valence-corrected chi connectivity index (χ1v) is 7.15. The smallest absolute Gasteiger partial charge is 0.420 e. The Balaban J connectivity index is 1.87. The number of methoxy groups -OCH3 is 1. The first kappa shape index (κ1) is 15.5. The number of hydrogen-bond acceptors (Lipinski definition) is 5. The van der Waals surface area contributed by atoms with Crippen LogP contribution >= 0.6 is 0 Å². The van der Waals surface area contributed by atoms with E-state index in [0.29, 0.717) is 11.2 Å². The molecule has 0 aliphatic carbocycles. The molecule has 0 saturated carbocycles. The number of oxazole rings is 1. The van der Waals surface area contributed by atoms with Crippen molar-refractivity contribution in [1.29, 1.82) is 0 Å². The van der Waals surface area contributed by atoms with Crippen LogP contribution in [0.2, 0.25) is 0 Å². The zero-order valence-corrected chi connectivity index (χ0v) is 12.8. The molecule has 0 bridgehead atoms. The Hall–Kier alpha value is -3.35. The molecular weight excluding hydrogens is 312 g/mol. The van der Waals surface area contributed by atoms with Crippen molar-refractivity contribution in [2.75, 3.05) is 12.4 Å². The van der Waals surface area contributed by atoms with Crippen LogP contribution in [0.1, 0.15) is 10.4 Å². The van der Waals surface area contributed by atoms with E-state index in [0.717, 1.165) is 0 Å². The van der Waals surface area contributed by atoms with Crippen LogP contribution in [-0.2, 0) is 16.1 Å². The van der Waals surface area contributed by atoms with Crippen molar-refractivity contribution < 1.29 is 18.7 Å². The normalized spacial score (nSPS) is 10.5. The topological polar surface area (TPSA) is 90.5 Å². The van der Waals surface area contributed by atoms with Gasteiger partial charge in [0.25, 0.3) is 0 Å². The van der Waals surface area contributed by atoms with Gasteiger partial charge in [0.05, 0.1) is 18.2 Å². The van der Waals surface area contributed by atoms with E-state index in [1.54, 1.807) is 30.3 Å². The molecule has 7 heteroatoms. The lowest BCUT2D eigenvalue weighted by Crippen LogP contribution is -2.24. The van der Waals surface area contributed by atoms with E-state index in [1.807, 2.05) is 6.07 Å². The van der Waals surface area contributed by atoms with Crippen molar-refractivity contribution >= 4 is 28.7 Å². The second kappa shape index (κ2) is 6.41. The molecule has 1 heterocycles. The highest BCUT2D eigenvalue weighted by Gasteiger charge is 2.15. The first-order valence-electron chi connectivity index (χ1n) is 7.15. The predicted octanol–water partition coefficient (Wildman–Crippen LogP) is 2.02. The second-order valence-electron chi connectivity index (χ2n) is 5.04. The summed E-state index contributed by atoms with van der Waals surface area (Å²) in [5.74, 6) is -1.56. The van der Waals surface area contributed by atoms with Crippen LogP contribution in [0.4, 0.5) is 5.69 Å². The van der Waals surface area contributed by atoms with Crippen LogP contribution in [-0.4, -0.2) is 23.6 Å². The van der Waals surface area contributed by atoms with Gasteiger partial charge in [-0.1, -0.05) is 18.2 Å². The third-order valence-electron chi connectivity index (χ3n) is 3.45. The van der Waals surface area contributed by atoms with Gasteiger partial charge in [-0.15, -0.1) is 0 Å². The van der Waals surface area contributed by atoms with Crippen LogP contribution in [0.15, 0.2) is 57.7 Å². The molecule has 24 heavy (non-hydrogen) atoms. The van der Waals surface area contributed by atoms with E-state index >= 15 is 0 Å². The number of esters is 1. The molecule has 0 aliphatic rings. The van der Waals surface area contributed by atoms with Crippen molar-refractivity contribution in [3.63, 3.8) is 0 Å². The summed E-state index contributed by atoms with van der Waals surface area (Å²) in [4.78, 5) is 35.6. The zero-order valence-electron chi connectivity index (χ0n) is 12.8. The Morgan fingerprint density at radius 1 is 1.17 bits per heavy atom. The van der Waals surface area contributed by atoms with Gasteiger partial charge in [-0.25, -0.2) is 9.59 Å². The molecule has 0 aliphatic heterocycles. The summed E-state index contributed by atoms with van der Waals surface area (Å²) in [7, 11) is 1.27. The van der Waals surface area contributed by atoms with Gasteiger partial charge in [-0.05, 0) is 30.3 Å². The molecule has 3 aromatic rings. The molecule has 0 radical (unpaired) electrons. The highest BCUT2D eigenvalue weighted by Crippen LogP contribution is 2.16. The number of aromatic nitrogens is 1. The maximum Gasteiger partial charge on any atom is 0.420 e. The minimum Gasteiger partial charge on any atom is -0.465 e. The van der Waals surface area contributed by atoms with Gasteiger partial charge in [0.1, 0.15) is 6.54 Å². The number of carbonyl (C=O) groups is 2. The lowest BCUT2D eigenvalue weighted by atomic mass is 10.2. The molecule has 0 saturated heterocycles. The molecule has 7 nitrogen and oxygen atoms in total. The molecule has 1 amide bonds. The summed E-state index contributed by atoms with van der Waals surface area (Å²) in [5.41, 5.74) is 1.54. The van der Waals surface area contributed by atoms with E-state index in [-0.39, 0.29) is 23.6 Å². The van der Waals surface area contributed by atoms with E-state index in [1.165, 1.54) is 23.8 Å². The molecule has 1 aromatic heterocycles. The summed E-state index contributed by atoms with van der Waals surface area (Å²) in [6.07, 6.45) is 0. The second-order valence-corrected chi connectivity index (χ2v) is 5.04. The lowest BCUT2D eigenvalue weighted by molar-refractivity contribution is -0.116. The van der Waals surface area contributed by atoms with Crippen molar-refractivity contribution in [3.05, 3.63) is 64.6 Å². The summed E-state index contributed by atoms with van der Waals surface area (Å²) >= 11 is 0. The number of ether oxygens (including phenoxy) is 1. The molecule has 0 unspecified atom stereocenters. The number of rotatable bonds is 4. The monoisotopic (exact) mass is 326 g/mol. The highest BCUT2D eigenvalue weighted by molar-refractivity contribution is 5.94. The van der Waals surface area contributed by atoms with Gasteiger partial charge >= 0.3 is 11.7 Å². The third kappa shape index (κ3) is 3.05. The molecular formula is C17H14N2O5. The Morgan fingerprint density at radius 2 is 1.92 bits per heavy atom. The average Bonchev–Trinajstić information content (AvgIpc) is 2.89. The van der Waals surface area contributed by atoms with Crippen LogP contribution < -0.4 is 11.1 Å². The van der Waals surface area contributed by atoms with Gasteiger partial charge in [-0.2, -0.15) is 0 Å². The summed E-state index contributed by atoms with van der Waals surface area (Å²) in [6, 6.07) is 13.4. The largest absolute Gasteiger partial charge is 0.465 e. The van der Waals surface area contributed by atoms with Crippen molar-refractivity contribution in [1.82, 2.24) is 4.57 Å². The lowest BCUT2D eigenvalue weighted by Gasteiger charge is -2.05. The molecule has 1 N–H and O–H groups in total. The third-order valence-corrected chi connectivity index (χ3v) is 3.45. The van der Waals surface area contributed by atoms with E-state index in [2.05, 4.69) is 10.1 Å². The highest BCUT2D eigenvalue weighted by atomic mass is 16.5. The number of fused-ring (bicyclic) bond motifs is 1. The van der Waals surface area contributed by atoms with E-state index in [9.17, 15) is 14.4 Å². The summed E-state index contributed by atoms with van der Waals surface area (Å²) < 4.78 is 10.9. The standard InChI is InChI=1S/C17H14N2O5/c1-23-16(21)11-7-8-13-14(9-11)24-17(22)19(13)10-15(20)18-12-5-3-2-4-6-12/h2-9H,10H2,1H3,(H,18,20). The van der Waals surface area contributed by atoms with Crippen LogP contribution in [0.5, 0.6) is 0 Å². The number of nitrogens with zero attached hydrogens (tertiary/aromatic N) is 1. The Morgan fingerprint density at radius 3 is 2.62 bits per heavy atom. The average molecular weight is 326 g/mol. The van der Waals surface area contributed by atoms with E-state index in [4.69, 9.17) is 4.42 Å².